The van der Waals surface area contributed by atoms with Crippen molar-refractivity contribution >= 4 is 43.7 Å². The minimum absolute atomic E-state index is 0.706. The topological polar surface area (TPSA) is 50.7 Å². The van der Waals surface area contributed by atoms with E-state index in [2.05, 4.69) is 48.7 Å². The van der Waals surface area contributed by atoms with E-state index in [1.807, 2.05) is 0 Å². The van der Waals surface area contributed by atoms with Gasteiger partial charge >= 0.3 is 0 Å². The Bertz CT molecular complexity index is 439. The van der Waals surface area contributed by atoms with Crippen LogP contribution in [-0.2, 0) is 13.0 Å². The summed E-state index contributed by atoms with van der Waals surface area (Å²) in [4.78, 5) is 4.45. The van der Waals surface area contributed by atoms with Gasteiger partial charge in [0.2, 0.25) is 5.13 Å². The Morgan fingerprint density at radius 2 is 2.33 bits per heavy atom. The SMILES string of the molecule is CCc1nc(CNc2nnc(Br)s2)cs1. The maximum absolute atomic E-state index is 4.45. The third-order valence-electron chi connectivity index (χ3n) is 1.72. The second-order valence-corrected chi connectivity index (χ2v) is 6.00. The van der Waals surface area contributed by atoms with Gasteiger partial charge in [-0.2, -0.15) is 0 Å². The zero-order chi connectivity index (χ0) is 10.7. The van der Waals surface area contributed by atoms with Gasteiger partial charge in [-0.05, 0) is 22.4 Å². The number of anilines is 1. The largest absolute Gasteiger partial charge is 0.354 e. The molecule has 2 aromatic heterocycles. The number of hydrogen-bond donors (Lipinski definition) is 1. The molecule has 0 amide bonds. The third-order valence-corrected chi connectivity index (χ3v) is 4.08. The van der Waals surface area contributed by atoms with Crippen LogP contribution >= 0.6 is 38.6 Å². The van der Waals surface area contributed by atoms with Crippen LogP contribution in [0.1, 0.15) is 17.6 Å². The lowest BCUT2D eigenvalue weighted by Crippen LogP contribution is -1.99. The summed E-state index contributed by atoms with van der Waals surface area (Å²) in [5.41, 5.74) is 1.06. The smallest absolute Gasteiger partial charge is 0.206 e. The lowest BCUT2D eigenvalue weighted by molar-refractivity contribution is 0.990. The molecule has 1 N–H and O–H groups in total. The second-order valence-electron chi connectivity index (χ2n) is 2.80. The van der Waals surface area contributed by atoms with Crippen molar-refractivity contribution in [1.82, 2.24) is 15.2 Å². The molecule has 80 valence electrons. The quantitative estimate of drug-likeness (QED) is 0.943. The van der Waals surface area contributed by atoms with Crippen molar-refractivity contribution in [2.75, 3.05) is 5.32 Å². The number of aromatic nitrogens is 3. The highest BCUT2D eigenvalue weighted by molar-refractivity contribution is 9.11. The molecular weight excluding hydrogens is 296 g/mol. The minimum Gasteiger partial charge on any atom is -0.354 e. The maximum atomic E-state index is 4.45. The van der Waals surface area contributed by atoms with Crippen LogP contribution in [0.2, 0.25) is 0 Å². The Morgan fingerprint density at radius 1 is 1.47 bits per heavy atom. The van der Waals surface area contributed by atoms with Gasteiger partial charge in [0.1, 0.15) is 0 Å². The second kappa shape index (κ2) is 5.00. The van der Waals surface area contributed by atoms with Crippen LogP contribution in [0.4, 0.5) is 5.13 Å². The van der Waals surface area contributed by atoms with Crippen molar-refractivity contribution in [2.24, 2.45) is 0 Å². The summed E-state index contributed by atoms with van der Waals surface area (Å²) in [7, 11) is 0. The number of hydrogen-bond acceptors (Lipinski definition) is 6. The number of nitrogens with one attached hydrogen (secondary N) is 1. The Kier molecular flexibility index (Phi) is 3.66. The number of nitrogens with zero attached hydrogens (tertiary/aromatic N) is 3. The van der Waals surface area contributed by atoms with Gasteiger partial charge in [-0.15, -0.1) is 21.5 Å². The highest BCUT2D eigenvalue weighted by Gasteiger charge is 2.03. The van der Waals surface area contributed by atoms with Gasteiger partial charge in [0.15, 0.2) is 3.92 Å². The Balaban J connectivity index is 1.93. The molecule has 7 heteroatoms. The first-order chi connectivity index (χ1) is 7.28. The van der Waals surface area contributed by atoms with Crippen molar-refractivity contribution in [2.45, 2.75) is 19.9 Å². The molecule has 0 saturated heterocycles. The van der Waals surface area contributed by atoms with Crippen LogP contribution in [0.15, 0.2) is 9.30 Å². The summed E-state index contributed by atoms with van der Waals surface area (Å²) in [6.45, 7) is 2.82. The van der Waals surface area contributed by atoms with Crippen LogP contribution < -0.4 is 5.32 Å². The van der Waals surface area contributed by atoms with Gasteiger partial charge in [-0.1, -0.05) is 18.3 Å². The standard InChI is InChI=1S/C8H9BrN4S2/c1-2-6-11-5(4-14-6)3-10-8-13-12-7(9)15-8/h4H,2-3H2,1H3,(H,10,13). The molecule has 4 nitrogen and oxygen atoms in total. The Hall–Kier alpha value is -0.530. The van der Waals surface area contributed by atoms with E-state index in [0.717, 1.165) is 21.2 Å². The van der Waals surface area contributed by atoms with Crippen molar-refractivity contribution in [3.8, 4) is 0 Å². The van der Waals surface area contributed by atoms with Crippen LogP contribution in [-0.4, -0.2) is 15.2 Å². The minimum atomic E-state index is 0.706. The molecule has 0 atom stereocenters. The fourth-order valence-corrected chi connectivity index (χ4v) is 2.79. The van der Waals surface area contributed by atoms with Crippen LogP contribution in [0, 0.1) is 0 Å². The summed E-state index contributed by atoms with van der Waals surface area (Å²) in [5.74, 6) is 0. The first-order valence-electron chi connectivity index (χ1n) is 4.44. The first-order valence-corrected chi connectivity index (χ1v) is 6.93. The summed E-state index contributed by atoms with van der Waals surface area (Å²) in [5, 5.41) is 15.0. The molecule has 0 aliphatic heterocycles. The van der Waals surface area contributed by atoms with Gasteiger partial charge < -0.3 is 5.32 Å². The molecule has 15 heavy (non-hydrogen) atoms. The van der Waals surface area contributed by atoms with Crippen molar-refractivity contribution in [3.05, 3.63) is 20.0 Å². The predicted molar refractivity (Wildman–Crippen MR) is 66.4 cm³/mol. The highest BCUT2D eigenvalue weighted by Crippen LogP contribution is 2.20. The summed E-state index contributed by atoms with van der Waals surface area (Å²) in [6, 6.07) is 0. The number of rotatable bonds is 4. The molecule has 0 spiro atoms. The fraction of sp³-hybridized carbons (Fsp3) is 0.375. The van der Waals surface area contributed by atoms with E-state index in [9.17, 15) is 0 Å². The molecule has 2 aromatic rings. The number of aryl methyl sites for hydroxylation is 1. The Labute approximate surface area is 104 Å². The molecular formula is C8H9BrN4S2. The monoisotopic (exact) mass is 304 g/mol. The van der Waals surface area contributed by atoms with E-state index in [0.29, 0.717) is 6.54 Å². The maximum Gasteiger partial charge on any atom is 0.206 e. The average Bonchev–Trinajstić information content (AvgIpc) is 2.83. The van der Waals surface area contributed by atoms with E-state index < -0.39 is 0 Å². The normalized spacial score (nSPS) is 10.5. The molecule has 0 aliphatic carbocycles. The van der Waals surface area contributed by atoms with Gasteiger partial charge in [0.25, 0.3) is 0 Å². The third kappa shape index (κ3) is 2.96. The van der Waals surface area contributed by atoms with E-state index in [4.69, 9.17) is 0 Å². The number of halogens is 1. The zero-order valence-electron chi connectivity index (χ0n) is 8.03. The van der Waals surface area contributed by atoms with Gasteiger partial charge in [-0.25, -0.2) is 4.98 Å². The molecule has 0 bridgehead atoms. The van der Waals surface area contributed by atoms with E-state index >= 15 is 0 Å². The highest BCUT2D eigenvalue weighted by atomic mass is 79.9. The molecule has 0 fully saturated rings. The predicted octanol–water partition coefficient (Wildman–Crippen LogP) is 2.93. The van der Waals surface area contributed by atoms with Crippen molar-refractivity contribution in [3.63, 3.8) is 0 Å². The molecule has 0 aromatic carbocycles. The zero-order valence-corrected chi connectivity index (χ0v) is 11.2. The molecule has 2 rings (SSSR count). The number of thiazole rings is 1. The van der Waals surface area contributed by atoms with Gasteiger partial charge in [0, 0.05) is 5.38 Å². The lowest BCUT2D eigenvalue weighted by Gasteiger charge is -1.96. The van der Waals surface area contributed by atoms with Crippen molar-refractivity contribution in [1.29, 1.82) is 0 Å². The van der Waals surface area contributed by atoms with Crippen molar-refractivity contribution < 1.29 is 0 Å². The summed E-state index contributed by atoms with van der Waals surface area (Å²) in [6.07, 6.45) is 0.995. The van der Waals surface area contributed by atoms with Crippen LogP contribution in [0.25, 0.3) is 0 Å². The molecule has 0 saturated carbocycles. The van der Waals surface area contributed by atoms with E-state index in [1.54, 1.807) is 11.3 Å². The summed E-state index contributed by atoms with van der Waals surface area (Å²) < 4.78 is 0.789. The van der Waals surface area contributed by atoms with Crippen LogP contribution in [0.3, 0.4) is 0 Å². The molecule has 0 aliphatic rings. The molecule has 2 heterocycles. The fourth-order valence-electron chi connectivity index (χ4n) is 1.04. The lowest BCUT2D eigenvalue weighted by atomic mass is 10.4. The van der Waals surface area contributed by atoms with Gasteiger partial charge in [-0.3, -0.25) is 0 Å². The van der Waals surface area contributed by atoms with E-state index in [-0.39, 0.29) is 0 Å². The van der Waals surface area contributed by atoms with Crippen LogP contribution in [0.5, 0.6) is 0 Å². The summed E-state index contributed by atoms with van der Waals surface area (Å²) >= 11 is 6.44. The first kappa shape index (κ1) is 11.0. The Morgan fingerprint density at radius 3 is 2.93 bits per heavy atom. The molecule has 0 radical (unpaired) electrons. The molecule has 0 unspecified atom stereocenters. The van der Waals surface area contributed by atoms with Gasteiger partial charge in [0.05, 0.1) is 17.2 Å². The van der Waals surface area contributed by atoms with E-state index in [1.165, 1.54) is 16.3 Å². The average molecular weight is 305 g/mol.